The van der Waals surface area contributed by atoms with Crippen molar-refractivity contribution in [2.75, 3.05) is 6.61 Å². The lowest BCUT2D eigenvalue weighted by molar-refractivity contribution is 0.150. The summed E-state index contributed by atoms with van der Waals surface area (Å²) in [4.78, 5) is 0. The van der Waals surface area contributed by atoms with E-state index in [-0.39, 0.29) is 0 Å². The van der Waals surface area contributed by atoms with Crippen LogP contribution < -0.4 is 0 Å². The molecule has 0 aliphatic heterocycles. The summed E-state index contributed by atoms with van der Waals surface area (Å²) in [7, 11) is 0. The Kier molecular flexibility index (Phi) is 3.22. The number of hydrogen-bond donors (Lipinski definition) is 1. The molecule has 0 unspecified atom stereocenters. The highest BCUT2D eigenvalue weighted by atomic mass is 16.5. The zero-order valence-electron chi connectivity index (χ0n) is 9.02. The predicted molar refractivity (Wildman–Crippen MR) is 65.5 cm³/mol. The Morgan fingerprint density at radius 3 is 2.62 bits per heavy atom. The summed E-state index contributed by atoms with van der Waals surface area (Å²) in [5, 5.41) is 11.6. The van der Waals surface area contributed by atoms with E-state index in [0.29, 0.717) is 19.0 Å². The third-order valence-corrected chi connectivity index (χ3v) is 2.48. The fourth-order valence-electron chi connectivity index (χ4n) is 1.72. The number of ether oxygens (including phenoxy) is 1. The third kappa shape index (κ3) is 2.07. The maximum atomic E-state index is 9.71. The molecule has 0 aromatic heterocycles. The van der Waals surface area contributed by atoms with Gasteiger partial charge in [0, 0.05) is 5.39 Å². The van der Waals surface area contributed by atoms with Gasteiger partial charge in [0.2, 0.25) is 0 Å². The van der Waals surface area contributed by atoms with Crippen LogP contribution in [0.15, 0.2) is 49.1 Å². The van der Waals surface area contributed by atoms with Crippen LogP contribution in [0.1, 0.15) is 5.56 Å². The maximum Gasteiger partial charge on any atom is 0.123 e. The fraction of sp³-hybridized carbons (Fsp3) is 0.143. The van der Waals surface area contributed by atoms with Crippen molar-refractivity contribution in [3.05, 3.63) is 54.6 Å². The minimum absolute atomic E-state index is 0.308. The van der Waals surface area contributed by atoms with Crippen molar-refractivity contribution in [1.82, 2.24) is 0 Å². The average Bonchev–Trinajstić information content (AvgIpc) is 2.33. The van der Waals surface area contributed by atoms with Gasteiger partial charge >= 0.3 is 0 Å². The first kappa shape index (κ1) is 10.7. The molecule has 2 rings (SSSR count). The van der Waals surface area contributed by atoms with Gasteiger partial charge in [0.15, 0.2) is 0 Å². The van der Waals surface area contributed by atoms with Gasteiger partial charge in [0.05, 0.1) is 13.2 Å². The van der Waals surface area contributed by atoms with Crippen LogP contribution in [0, 0.1) is 0 Å². The summed E-state index contributed by atoms with van der Waals surface area (Å²) in [5.41, 5.74) is 1.08. The Morgan fingerprint density at radius 2 is 1.88 bits per heavy atom. The van der Waals surface area contributed by atoms with Gasteiger partial charge in [0.1, 0.15) is 5.75 Å². The van der Waals surface area contributed by atoms with Crippen LogP contribution in [0.4, 0.5) is 0 Å². The first-order valence-corrected chi connectivity index (χ1v) is 5.21. The maximum absolute atomic E-state index is 9.71. The number of hydrogen-bond acceptors (Lipinski definition) is 2. The standard InChI is InChI=1S/C14H14O2/c1-2-9-16-10-11-7-8-14(15)13-6-4-3-5-12(11)13/h2-8,15H,1,9-10H2. The first-order chi connectivity index (χ1) is 7.83. The molecular formula is C14H14O2. The van der Waals surface area contributed by atoms with Crippen molar-refractivity contribution in [2.24, 2.45) is 0 Å². The Labute approximate surface area is 94.8 Å². The molecule has 82 valence electrons. The number of aromatic hydroxyl groups is 1. The number of phenols is 1. The molecule has 0 fully saturated rings. The highest BCUT2D eigenvalue weighted by Gasteiger charge is 2.04. The summed E-state index contributed by atoms with van der Waals surface area (Å²) in [5.74, 6) is 0.308. The molecule has 0 bridgehead atoms. The highest BCUT2D eigenvalue weighted by molar-refractivity contribution is 5.90. The van der Waals surface area contributed by atoms with Crippen molar-refractivity contribution >= 4 is 10.8 Å². The number of phenolic OH excluding ortho intramolecular Hbond substituents is 1. The second-order valence-corrected chi connectivity index (χ2v) is 3.59. The second-order valence-electron chi connectivity index (χ2n) is 3.59. The van der Waals surface area contributed by atoms with E-state index in [4.69, 9.17) is 4.74 Å². The van der Waals surface area contributed by atoms with Gasteiger partial charge in [-0.2, -0.15) is 0 Å². The Balaban J connectivity index is 2.38. The minimum atomic E-state index is 0.308. The molecule has 2 aromatic carbocycles. The van der Waals surface area contributed by atoms with Crippen molar-refractivity contribution in [2.45, 2.75) is 6.61 Å². The Hall–Kier alpha value is -1.80. The lowest BCUT2D eigenvalue weighted by Gasteiger charge is -2.07. The summed E-state index contributed by atoms with van der Waals surface area (Å²) in [6.45, 7) is 4.67. The predicted octanol–water partition coefficient (Wildman–Crippen LogP) is 3.25. The molecule has 2 aromatic rings. The minimum Gasteiger partial charge on any atom is -0.507 e. The molecule has 0 amide bonds. The molecule has 16 heavy (non-hydrogen) atoms. The van der Waals surface area contributed by atoms with Crippen LogP contribution >= 0.6 is 0 Å². The molecule has 0 saturated heterocycles. The van der Waals surface area contributed by atoms with Gasteiger partial charge in [-0.3, -0.25) is 0 Å². The normalized spacial score (nSPS) is 10.5. The van der Waals surface area contributed by atoms with Crippen LogP contribution in [0.25, 0.3) is 10.8 Å². The van der Waals surface area contributed by atoms with Crippen molar-refractivity contribution in [3.63, 3.8) is 0 Å². The number of fused-ring (bicyclic) bond motifs is 1. The molecular weight excluding hydrogens is 200 g/mol. The zero-order valence-corrected chi connectivity index (χ0v) is 9.02. The molecule has 0 spiro atoms. The van der Waals surface area contributed by atoms with E-state index >= 15 is 0 Å². The largest absolute Gasteiger partial charge is 0.507 e. The third-order valence-electron chi connectivity index (χ3n) is 2.48. The highest BCUT2D eigenvalue weighted by Crippen LogP contribution is 2.27. The lowest BCUT2D eigenvalue weighted by Crippen LogP contribution is -1.93. The molecule has 0 heterocycles. The van der Waals surface area contributed by atoms with Crippen molar-refractivity contribution < 1.29 is 9.84 Å². The second kappa shape index (κ2) is 4.81. The van der Waals surface area contributed by atoms with Gasteiger partial charge in [-0.05, 0) is 17.0 Å². The van der Waals surface area contributed by atoms with Crippen LogP contribution in [0.3, 0.4) is 0 Å². The van der Waals surface area contributed by atoms with E-state index < -0.39 is 0 Å². The summed E-state index contributed by atoms with van der Waals surface area (Å²) < 4.78 is 5.42. The molecule has 0 aliphatic rings. The monoisotopic (exact) mass is 214 g/mol. The quantitative estimate of drug-likeness (QED) is 0.625. The smallest absolute Gasteiger partial charge is 0.123 e. The molecule has 0 aliphatic carbocycles. The molecule has 0 saturated carbocycles. The molecule has 2 nitrogen and oxygen atoms in total. The van der Waals surface area contributed by atoms with Crippen molar-refractivity contribution in [3.8, 4) is 5.75 Å². The van der Waals surface area contributed by atoms with Gasteiger partial charge in [0.25, 0.3) is 0 Å². The molecule has 0 radical (unpaired) electrons. The number of benzene rings is 2. The van der Waals surface area contributed by atoms with Crippen LogP contribution in [-0.4, -0.2) is 11.7 Å². The Morgan fingerprint density at radius 1 is 1.12 bits per heavy atom. The van der Waals surface area contributed by atoms with Gasteiger partial charge in [-0.1, -0.05) is 36.4 Å². The van der Waals surface area contributed by atoms with Gasteiger partial charge in [-0.15, -0.1) is 6.58 Å². The molecule has 1 N–H and O–H groups in total. The first-order valence-electron chi connectivity index (χ1n) is 5.21. The Bertz CT molecular complexity index is 503. The van der Waals surface area contributed by atoms with E-state index in [1.54, 1.807) is 12.1 Å². The van der Waals surface area contributed by atoms with Crippen LogP contribution in [0.5, 0.6) is 5.75 Å². The summed E-state index contributed by atoms with van der Waals surface area (Å²) in [6.07, 6.45) is 1.72. The fourth-order valence-corrected chi connectivity index (χ4v) is 1.72. The summed E-state index contributed by atoms with van der Waals surface area (Å²) >= 11 is 0. The van der Waals surface area contributed by atoms with E-state index in [1.165, 1.54) is 0 Å². The van der Waals surface area contributed by atoms with E-state index in [1.807, 2.05) is 30.3 Å². The lowest BCUT2D eigenvalue weighted by atomic mass is 10.0. The SMILES string of the molecule is C=CCOCc1ccc(O)c2ccccc12. The topological polar surface area (TPSA) is 29.5 Å². The van der Waals surface area contributed by atoms with Crippen molar-refractivity contribution in [1.29, 1.82) is 0 Å². The summed E-state index contributed by atoms with van der Waals surface area (Å²) in [6, 6.07) is 11.4. The molecule has 0 atom stereocenters. The number of rotatable bonds is 4. The van der Waals surface area contributed by atoms with E-state index in [9.17, 15) is 5.11 Å². The average molecular weight is 214 g/mol. The van der Waals surface area contributed by atoms with E-state index in [2.05, 4.69) is 6.58 Å². The van der Waals surface area contributed by atoms with E-state index in [0.717, 1.165) is 16.3 Å². The molecule has 2 heteroatoms. The van der Waals surface area contributed by atoms with Crippen LogP contribution in [0.2, 0.25) is 0 Å². The van der Waals surface area contributed by atoms with Gasteiger partial charge < -0.3 is 9.84 Å². The van der Waals surface area contributed by atoms with Gasteiger partial charge in [-0.25, -0.2) is 0 Å². The zero-order chi connectivity index (χ0) is 11.4. The van der Waals surface area contributed by atoms with Crippen LogP contribution in [-0.2, 0) is 11.3 Å².